The molecule has 0 spiro atoms. The number of hydrogen-bond donors (Lipinski definition) is 1. The van der Waals surface area contributed by atoms with E-state index in [0.29, 0.717) is 29.2 Å². The van der Waals surface area contributed by atoms with Crippen molar-refractivity contribution >= 4 is 23.2 Å². The number of nitrogens with one attached hydrogen (secondary N) is 1. The quantitative estimate of drug-likeness (QED) is 0.875. The van der Waals surface area contributed by atoms with Gasteiger partial charge in [0, 0.05) is 31.1 Å². The summed E-state index contributed by atoms with van der Waals surface area (Å²) >= 11 is 1.42. The first-order valence-electron chi connectivity index (χ1n) is 7.65. The number of benzene rings is 1. The maximum atomic E-state index is 12.3. The average molecular weight is 346 g/mol. The van der Waals surface area contributed by atoms with Crippen molar-refractivity contribution < 1.29 is 14.3 Å². The topological polar surface area (TPSA) is 58.6 Å². The molecule has 128 valence electrons. The van der Waals surface area contributed by atoms with Crippen molar-refractivity contribution in [2.75, 3.05) is 27.7 Å². The lowest BCUT2D eigenvalue weighted by molar-refractivity contribution is 0.0827. The zero-order valence-electron chi connectivity index (χ0n) is 14.4. The van der Waals surface area contributed by atoms with E-state index in [4.69, 9.17) is 4.74 Å². The van der Waals surface area contributed by atoms with E-state index in [1.807, 2.05) is 31.2 Å². The van der Waals surface area contributed by atoms with Gasteiger partial charge in [-0.25, -0.2) is 0 Å². The van der Waals surface area contributed by atoms with Crippen LogP contribution in [0.2, 0.25) is 0 Å². The van der Waals surface area contributed by atoms with E-state index >= 15 is 0 Å². The molecule has 0 saturated carbocycles. The Labute approximate surface area is 146 Å². The molecular weight excluding hydrogens is 324 g/mol. The molecule has 0 fully saturated rings. The molecule has 2 rings (SSSR count). The summed E-state index contributed by atoms with van der Waals surface area (Å²) in [4.78, 5) is 27.4. The van der Waals surface area contributed by atoms with Crippen LogP contribution >= 0.6 is 11.3 Å². The van der Waals surface area contributed by atoms with Gasteiger partial charge in [-0.2, -0.15) is 0 Å². The van der Waals surface area contributed by atoms with E-state index in [2.05, 4.69) is 5.32 Å². The molecule has 0 radical (unpaired) electrons. The molecule has 1 aromatic carbocycles. The normalized spacial score (nSPS) is 10.3. The average Bonchev–Trinajstić information content (AvgIpc) is 2.95. The SMILES string of the molecule is COc1cc(C)sc1C(=O)NCCc1cccc(C(=O)N(C)C)c1. The van der Waals surface area contributed by atoms with Gasteiger partial charge in [0.25, 0.3) is 11.8 Å². The van der Waals surface area contributed by atoms with Gasteiger partial charge in [-0.3, -0.25) is 9.59 Å². The summed E-state index contributed by atoms with van der Waals surface area (Å²) in [6.07, 6.45) is 0.660. The van der Waals surface area contributed by atoms with Crippen LogP contribution in [0.25, 0.3) is 0 Å². The molecule has 2 aromatic rings. The Bertz CT molecular complexity index is 738. The highest BCUT2D eigenvalue weighted by molar-refractivity contribution is 7.14. The van der Waals surface area contributed by atoms with Crippen LogP contribution in [0.4, 0.5) is 0 Å². The van der Waals surface area contributed by atoms with Crippen molar-refractivity contribution in [2.45, 2.75) is 13.3 Å². The molecule has 0 atom stereocenters. The van der Waals surface area contributed by atoms with Crippen molar-refractivity contribution in [1.82, 2.24) is 10.2 Å². The van der Waals surface area contributed by atoms with Gasteiger partial charge in [0.15, 0.2) is 0 Å². The number of thiophene rings is 1. The second-order valence-electron chi connectivity index (χ2n) is 5.66. The summed E-state index contributed by atoms with van der Waals surface area (Å²) in [5.74, 6) is 0.443. The van der Waals surface area contributed by atoms with E-state index in [0.717, 1.165) is 10.4 Å². The van der Waals surface area contributed by atoms with Crippen molar-refractivity contribution in [3.05, 3.63) is 51.2 Å². The number of carbonyl (C=O) groups is 2. The molecule has 0 aliphatic carbocycles. The molecule has 1 N–H and O–H groups in total. The molecule has 0 aliphatic rings. The number of carbonyl (C=O) groups excluding carboxylic acids is 2. The van der Waals surface area contributed by atoms with Crippen molar-refractivity contribution in [3.63, 3.8) is 0 Å². The first-order valence-corrected chi connectivity index (χ1v) is 8.47. The van der Waals surface area contributed by atoms with E-state index < -0.39 is 0 Å². The summed E-state index contributed by atoms with van der Waals surface area (Å²) in [6, 6.07) is 9.33. The van der Waals surface area contributed by atoms with Gasteiger partial charge in [-0.1, -0.05) is 12.1 Å². The van der Waals surface area contributed by atoms with Gasteiger partial charge in [0.1, 0.15) is 10.6 Å². The van der Waals surface area contributed by atoms with E-state index in [9.17, 15) is 9.59 Å². The maximum Gasteiger partial charge on any atom is 0.265 e. The fraction of sp³-hybridized carbons (Fsp3) is 0.333. The molecule has 0 unspecified atom stereocenters. The number of ether oxygens (including phenoxy) is 1. The van der Waals surface area contributed by atoms with Crippen LogP contribution in [0.3, 0.4) is 0 Å². The molecule has 0 bridgehead atoms. The van der Waals surface area contributed by atoms with E-state index in [1.165, 1.54) is 11.3 Å². The lowest BCUT2D eigenvalue weighted by atomic mass is 10.1. The number of nitrogens with zero attached hydrogens (tertiary/aromatic N) is 1. The van der Waals surface area contributed by atoms with Crippen LogP contribution in [0.5, 0.6) is 5.75 Å². The number of amides is 2. The van der Waals surface area contributed by atoms with Gasteiger partial charge < -0.3 is 15.0 Å². The first kappa shape index (κ1) is 18.0. The van der Waals surface area contributed by atoms with Crippen molar-refractivity contribution in [1.29, 1.82) is 0 Å². The molecule has 2 amide bonds. The van der Waals surface area contributed by atoms with E-state index in [-0.39, 0.29) is 11.8 Å². The van der Waals surface area contributed by atoms with Crippen molar-refractivity contribution in [2.24, 2.45) is 0 Å². The molecule has 1 aromatic heterocycles. The van der Waals surface area contributed by atoms with E-state index in [1.54, 1.807) is 32.2 Å². The van der Waals surface area contributed by atoms with Crippen LogP contribution in [-0.2, 0) is 6.42 Å². The van der Waals surface area contributed by atoms with Crippen LogP contribution in [0.1, 0.15) is 30.5 Å². The largest absolute Gasteiger partial charge is 0.495 e. The molecular formula is C18H22N2O3S. The number of aryl methyl sites for hydroxylation is 1. The zero-order valence-corrected chi connectivity index (χ0v) is 15.2. The van der Waals surface area contributed by atoms with Crippen LogP contribution in [0.15, 0.2) is 30.3 Å². The third-order valence-electron chi connectivity index (χ3n) is 3.53. The monoisotopic (exact) mass is 346 g/mol. The summed E-state index contributed by atoms with van der Waals surface area (Å²) in [5, 5.41) is 2.90. The molecule has 0 aliphatic heterocycles. The van der Waals surface area contributed by atoms with Gasteiger partial charge in [0.05, 0.1) is 7.11 Å². The summed E-state index contributed by atoms with van der Waals surface area (Å²) in [7, 11) is 5.02. The molecule has 0 saturated heterocycles. The van der Waals surface area contributed by atoms with Crippen molar-refractivity contribution in [3.8, 4) is 5.75 Å². The second-order valence-corrected chi connectivity index (χ2v) is 6.92. The zero-order chi connectivity index (χ0) is 17.7. The molecule has 6 heteroatoms. The fourth-order valence-electron chi connectivity index (χ4n) is 2.32. The van der Waals surface area contributed by atoms with Gasteiger partial charge in [-0.05, 0) is 37.1 Å². The van der Waals surface area contributed by atoms with Gasteiger partial charge in [0.2, 0.25) is 0 Å². The van der Waals surface area contributed by atoms with Gasteiger partial charge in [-0.15, -0.1) is 11.3 Å². The third-order valence-corrected chi connectivity index (χ3v) is 4.56. The first-order chi connectivity index (χ1) is 11.4. The summed E-state index contributed by atoms with van der Waals surface area (Å²) in [6.45, 7) is 2.44. The highest BCUT2D eigenvalue weighted by atomic mass is 32.1. The minimum absolute atomic E-state index is 0.0281. The highest BCUT2D eigenvalue weighted by Crippen LogP contribution is 2.28. The molecule has 5 nitrogen and oxygen atoms in total. The number of hydrogen-bond acceptors (Lipinski definition) is 4. The van der Waals surface area contributed by atoms with Crippen LogP contribution in [0, 0.1) is 6.92 Å². The lowest BCUT2D eigenvalue weighted by Gasteiger charge is -2.11. The standard InChI is InChI=1S/C18H22N2O3S/c1-12-10-15(23-4)16(24-12)17(21)19-9-8-13-6-5-7-14(11-13)18(22)20(2)3/h5-7,10-11H,8-9H2,1-4H3,(H,19,21). The lowest BCUT2D eigenvalue weighted by Crippen LogP contribution is -2.25. The smallest absolute Gasteiger partial charge is 0.265 e. The number of rotatable bonds is 6. The van der Waals surface area contributed by atoms with Crippen LogP contribution in [-0.4, -0.2) is 44.5 Å². The Kier molecular flexibility index (Phi) is 5.98. The molecule has 24 heavy (non-hydrogen) atoms. The molecule has 1 heterocycles. The van der Waals surface area contributed by atoms with Gasteiger partial charge >= 0.3 is 0 Å². The Morgan fingerprint density at radius 1 is 1.25 bits per heavy atom. The number of methoxy groups -OCH3 is 1. The minimum atomic E-state index is -0.134. The third kappa shape index (κ3) is 4.35. The Morgan fingerprint density at radius 2 is 2.00 bits per heavy atom. The predicted molar refractivity (Wildman–Crippen MR) is 96.1 cm³/mol. The van der Waals surface area contributed by atoms with Crippen LogP contribution < -0.4 is 10.1 Å². The predicted octanol–water partition coefficient (Wildman–Crippen LogP) is 2.74. The minimum Gasteiger partial charge on any atom is -0.495 e. The fourth-order valence-corrected chi connectivity index (χ4v) is 3.22. The second kappa shape index (κ2) is 7.97. The Morgan fingerprint density at radius 3 is 2.67 bits per heavy atom. The Balaban J connectivity index is 1.95. The Hall–Kier alpha value is -2.34. The summed E-state index contributed by atoms with van der Waals surface area (Å²) < 4.78 is 5.22. The highest BCUT2D eigenvalue weighted by Gasteiger charge is 2.15. The summed E-state index contributed by atoms with van der Waals surface area (Å²) in [5.41, 5.74) is 1.66. The maximum absolute atomic E-state index is 12.3.